The molecule has 3 aliphatic rings. The molecule has 2 heterocycles. The molecule has 1 aromatic rings. The van der Waals surface area contributed by atoms with Crippen LogP contribution in [0.25, 0.3) is 0 Å². The number of benzene rings is 1. The van der Waals surface area contributed by atoms with Gasteiger partial charge in [-0.15, -0.1) is 0 Å². The van der Waals surface area contributed by atoms with Gasteiger partial charge in [0.2, 0.25) is 23.6 Å². The van der Waals surface area contributed by atoms with Crippen LogP contribution in [0.2, 0.25) is 10.0 Å². The van der Waals surface area contributed by atoms with Crippen LogP contribution < -0.4 is 5.32 Å². The van der Waals surface area contributed by atoms with Crippen molar-refractivity contribution in [1.29, 1.82) is 0 Å². The molecule has 4 rings (SSSR count). The summed E-state index contributed by atoms with van der Waals surface area (Å²) in [4.78, 5) is 53.6. The summed E-state index contributed by atoms with van der Waals surface area (Å²) in [5.41, 5.74) is 0.450. The van der Waals surface area contributed by atoms with Gasteiger partial charge in [-0.3, -0.25) is 24.1 Å². The highest BCUT2D eigenvalue weighted by molar-refractivity contribution is 6.35. The van der Waals surface area contributed by atoms with Gasteiger partial charge in [-0.05, 0) is 43.9 Å². The lowest BCUT2D eigenvalue weighted by molar-refractivity contribution is -0.147. The molecule has 0 bridgehead atoms. The summed E-state index contributed by atoms with van der Waals surface area (Å²) in [6, 6.07) is 4.06. The number of fused-ring (bicyclic) bond motifs is 1. The van der Waals surface area contributed by atoms with Crippen molar-refractivity contribution >= 4 is 52.5 Å². The zero-order valence-corrected chi connectivity index (χ0v) is 17.9. The summed E-state index contributed by atoms with van der Waals surface area (Å²) in [6.07, 6.45) is 4.47. The summed E-state index contributed by atoms with van der Waals surface area (Å²) in [7, 11) is 0. The number of halogens is 2. The summed E-state index contributed by atoms with van der Waals surface area (Å²) < 4.78 is 0. The van der Waals surface area contributed by atoms with Crippen molar-refractivity contribution in [3.05, 3.63) is 28.2 Å². The normalized spacial score (nSPS) is 26.1. The van der Waals surface area contributed by atoms with Crippen LogP contribution in [0.3, 0.4) is 0 Å². The second-order valence-electron chi connectivity index (χ2n) is 8.15. The van der Waals surface area contributed by atoms with Crippen LogP contribution in [-0.4, -0.2) is 52.6 Å². The Labute approximate surface area is 184 Å². The SMILES string of the molecule is O=C(Nc1cc(Cl)cc(Cl)c1)C1CCCN1C(=O)CN1C(=O)C2CCCCC2C1=O. The van der Waals surface area contributed by atoms with E-state index in [1.807, 2.05) is 0 Å². The number of carbonyl (C=O) groups excluding carboxylic acids is 4. The second-order valence-corrected chi connectivity index (χ2v) is 9.03. The first-order valence-electron chi connectivity index (χ1n) is 10.3. The van der Waals surface area contributed by atoms with Gasteiger partial charge in [0.25, 0.3) is 0 Å². The predicted molar refractivity (Wildman–Crippen MR) is 112 cm³/mol. The zero-order valence-electron chi connectivity index (χ0n) is 16.4. The Morgan fingerprint density at radius 1 is 0.933 bits per heavy atom. The third kappa shape index (κ3) is 4.05. The van der Waals surface area contributed by atoms with Gasteiger partial charge in [0.15, 0.2) is 0 Å². The Bertz CT molecular complexity index is 862. The van der Waals surface area contributed by atoms with Crippen LogP contribution in [0, 0.1) is 11.8 Å². The highest BCUT2D eigenvalue weighted by atomic mass is 35.5. The van der Waals surface area contributed by atoms with Gasteiger partial charge in [-0.25, -0.2) is 0 Å². The first-order valence-corrected chi connectivity index (χ1v) is 11.0. The molecule has 1 aliphatic carbocycles. The van der Waals surface area contributed by atoms with E-state index in [-0.39, 0.29) is 42.0 Å². The number of imide groups is 1. The number of anilines is 1. The molecule has 0 radical (unpaired) electrons. The van der Waals surface area contributed by atoms with Gasteiger partial charge >= 0.3 is 0 Å². The van der Waals surface area contributed by atoms with E-state index in [1.165, 1.54) is 4.90 Å². The highest BCUT2D eigenvalue weighted by Gasteiger charge is 2.49. The maximum absolute atomic E-state index is 12.9. The molecule has 4 amide bonds. The first kappa shape index (κ1) is 21.1. The first-order chi connectivity index (χ1) is 14.3. The third-order valence-corrected chi connectivity index (χ3v) is 6.67. The smallest absolute Gasteiger partial charge is 0.247 e. The molecule has 9 heteroatoms. The van der Waals surface area contributed by atoms with E-state index in [9.17, 15) is 19.2 Å². The molecule has 30 heavy (non-hydrogen) atoms. The van der Waals surface area contributed by atoms with Crippen LogP contribution in [-0.2, 0) is 19.2 Å². The zero-order chi connectivity index (χ0) is 21.4. The Balaban J connectivity index is 1.42. The van der Waals surface area contributed by atoms with Gasteiger partial charge in [0.05, 0.1) is 11.8 Å². The van der Waals surface area contributed by atoms with Crippen molar-refractivity contribution in [3.8, 4) is 0 Å². The van der Waals surface area contributed by atoms with Crippen molar-refractivity contribution in [2.75, 3.05) is 18.4 Å². The Morgan fingerprint density at radius 2 is 1.53 bits per heavy atom. The van der Waals surface area contributed by atoms with Crippen molar-refractivity contribution < 1.29 is 19.2 Å². The maximum Gasteiger partial charge on any atom is 0.247 e. The van der Waals surface area contributed by atoms with Gasteiger partial charge in [0.1, 0.15) is 12.6 Å². The Hall–Kier alpha value is -2.12. The van der Waals surface area contributed by atoms with E-state index in [0.717, 1.165) is 17.7 Å². The van der Waals surface area contributed by atoms with Crippen molar-refractivity contribution in [2.45, 2.75) is 44.6 Å². The van der Waals surface area contributed by atoms with Crippen LogP contribution in [0.5, 0.6) is 0 Å². The second kappa shape index (κ2) is 8.55. The van der Waals surface area contributed by atoms with Crippen molar-refractivity contribution in [3.63, 3.8) is 0 Å². The molecule has 0 spiro atoms. The lowest BCUT2D eigenvalue weighted by Crippen LogP contribution is -2.48. The lowest BCUT2D eigenvalue weighted by Gasteiger charge is -2.26. The molecule has 0 aromatic heterocycles. The highest BCUT2D eigenvalue weighted by Crippen LogP contribution is 2.38. The summed E-state index contributed by atoms with van der Waals surface area (Å²) in [5, 5.41) is 3.54. The lowest BCUT2D eigenvalue weighted by atomic mass is 9.81. The molecule has 160 valence electrons. The number of nitrogens with one attached hydrogen (secondary N) is 1. The number of amides is 4. The molecule has 3 unspecified atom stereocenters. The average molecular weight is 452 g/mol. The molecule has 7 nitrogen and oxygen atoms in total. The summed E-state index contributed by atoms with van der Waals surface area (Å²) in [5.74, 6) is -1.78. The molecule has 2 aliphatic heterocycles. The van der Waals surface area contributed by atoms with Gasteiger partial charge in [-0.2, -0.15) is 0 Å². The quantitative estimate of drug-likeness (QED) is 0.712. The minimum absolute atomic E-state index is 0.244. The minimum atomic E-state index is -0.662. The number of carbonyl (C=O) groups is 4. The van der Waals surface area contributed by atoms with Gasteiger partial charge in [-0.1, -0.05) is 36.0 Å². The molecule has 1 aromatic carbocycles. The predicted octanol–water partition coefficient (Wildman–Crippen LogP) is 3.10. The monoisotopic (exact) mass is 451 g/mol. The summed E-state index contributed by atoms with van der Waals surface area (Å²) in [6.45, 7) is 0.119. The number of nitrogens with zero attached hydrogens (tertiary/aromatic N) is 2. The van der Waals surface area contributed by atoms with Gasteiger partial charge < -0.3 is 10.2 Å². The van der Waals surface area contributed by atoms with Crippen molar-refractivity contribution in [2.24, 2.45) is 11.8 Å². The topological polar surface area (TPSA) is 86.8 Å². The van der Waals surface area contributed by atoms with Crippen LogP contribution in [0.4, 0.5) is 5.69 Å². The number of rotatable bonds is 4. The van der Waals surface area contributed by atoms with Crippen LogP contribution in [0.1, 0.15) is 38.5 Å². The third-order valence-electron chi connectivity index (χ3n) is 6.23. The molecule has 3 atom stereocenters. The Kier molecular flexibility index (Phi) is 6.02. The summed E-state index contributed by atoms with van der Waals surface area (Å²) >= 11 is 12.0. The molecule has 2 saturated heterocycles. The van der Waals surface area contributed by atoms with E-state index in [0.29, 0.717) is 48.0 Å². The van der Waals surface area contributed by atoms with E-state index >= 15 is 0 Å². The fourth-order valence-electron chi connectivity index (χ4n) is 4.80. The van der Waals surface area contributed by atoms with E-state index < -0.39 is 6.04 Å². The largest absolute Gasteiger partial charge is 0.329 e. The standard InChI is InChI=1S/C21H23Cl2N3O4/c22-12-8-13(23)10-14(9-12)24-19(28)17-6-3-7-25(17)18(27)11-26-20(29)15-4-1-2-5-16(15)21(26)30/h8-10,15-17H,1-7,11H2,(H,24,28). The number of hydrogen-bond donors (Lipinski definition) is 1. The molecular formula is C21H23Cl2N3O4. The van der Waals surface area contributed by atoms with Crippen LogP contribution in [0.15, 0.2) is 18.2 Å². The van der Waals surface area contributed by atoms with Gasteiger partial charge in [0, 0.05) is 22.3 Å². The minimum Gasteiger partial charge on any atom is -0.329 e. The molecular weight excluding hydrogens is 429 g/mol. The van der Waals surface area contributed by atoms with Crippen LogP contribution >= 0.6 is 23.2 Å². The molecule has 1 N–H and O–H groups in total. The number of likely N-dealkylation sites (tertiary alicyclic amines) is 2. The van der Waals surface area contributed by atoms with E-state index in [4.69, 9.17) is 23.2 Å². The number of hydrogen-bond acceptors (Lipinski definition) is 4. The van der Waals surface area contributed by atoms with Crippen molar-refractivity contribution in [1.82, 2.24) is 9.80 Å². The van der Waals surface area contributed by atoms with E-state index in [2.05, 4.69) is 5.32 Å². The average Bonchev–Trinajstić information content (AvgIpc) is 3.28. The fourth-order valence-corrected chi connectivity index (χ4v) is 5.33. The Morgan fingerprint density at radius 3 is 2.13 bits per heavy atom. The molecule has 1 saturated carbocycles. The molecule has 3 fully saturated rings. The van der Waals surface area contributed by atoms with E-state index in [1.54, 1.807) is 18.2 Å². The fraction of sp³-hybridized carbons (Fsp3) is 0.524. The maximum atomic E-state index is 12.9.